The maximum atomic E-state index is 12.9. The van der Waals surface area contributed by atoms with Gasteiger partial charge in [0.25, 0.3) is 0 Å². The first-order chi connectivity index (χ1) is 12.2. The standard InChI is InChI=1S/C19H21N3O3/c1-2-13-7-5-6-10-21(13)17(23)12-22-18-14-8-3-4-9-16(14)25-19(24)15(18)11-20-22/h3-4,8-9,11,13H,2,5-7,10,12H2,1H3/t13-/m1/s1. The second kappa shape index (κ2) is 6.35. The summed E-state index contributed by atoms with van der Waals surface area (Å²) in [6, 6.07) is 7.66. The first-order valence-electron chi connectivity index (χ1n) is 8.86. The molecular formula is C19H21N3O3. The van der Waals surface area contributed by atoms with Gasteiger partial charge in [-0.2, -0.15) is 5.10 Å². The van der Waals surface area contributed by atoms with Crippen LogP contribution in [0.3, 0.4) is 0 Å². The van der Waals surface area contributed by atoms with E-state index in [4.69, 9.17) is 4.42 Å². The summed E-state index contributed by atoms with van der Waals surface area (Å²) in [5.74, 6) is 0.0638. The van der Waals surface area contributed by atoms with Crippen molar-refractivity contribution in [2.45, 2.75) is 45.2 Å². The van der Waals surface area contributed by atoms with Crippen molar-refractivity contribution in [2.24, 2.45) is 0 Å². The van der Waals surface area contributed by atoms with Gasteiger partial charge in [0.1, 0.15) is 17.5 Å². The average Bonchev–Trinajstić information content (AvgIpc) is 3.06. The number of fused-ring (bicyclic) bond motifs is 3. The number of likely N-dealkylation sites (tertiary alicyclic amines) is 1. The number of carbonyl (C=O) groups excluding carboxylic acids is 1. The van der Waals surface area contributed by atoms with Crippen molar-refractivity contribution in [2.75, 3.05) is 6.54 Å². The lowest BCUT2D eigenvalue weighted by Crippen LogP contribution is -2.44. The highest BCUT2D eigenvalue weighted by molar-refractivity contribution is 6.02. The Morgan fingerprint density at radius 3 is 2.96 bits per heavy atom. The van der Waals surface area contributed by atoms with Crippen molar-refractivity contribution >= 4 is 27.8 Å². The lowest BCUT2D eigenvalue weighted by atomic mass is 10.00. The number of rotatable bonds is 3. The highest BCUT2D eigenvalue weighted by Gasteiger charge is 2.26. The molecule has 0 aliphatic carbocycles. The largest absolute Gasteiger partial charge is 0.422 e. The van der Waals surface area contributed by atoms with Gasteiger partial charge in [-0.25, -0.2) is 4.79 Å². The van der Waals surface area contributed by atoms with Crippen LogP contribution in [0.1, 0.15) is 32.6 Å². The van der Waals surface area contributed by atoms with E-state index in [-0.39, 0.29) is 12.5 Å². The fraction of sp³-hybridized carbons (Fsp3) is 0.421. The van der Waals surface area contributed by atoms with Gasteiger partial charge in [-0.3, -0.25) is 9.48 Å². The van der Waals surface area contributed by atoms with Gasteiger partial charge in [-0.1, -0.05) is 19.1 Å². The summed E-state index contributed by atoms with van der Waals surface area (Å²) >= 11 is 0. The molecule has 2 aromatic heterocycles. The summed E-state index contributed by atoms with van der Waals surface area (Å²) in [6.07, 6.45) is 5.76. The van der Waals surface area contributed by atoms with E-state index in [0.29, 0.717) is 22.5 Å². The van der Waals surface area contributed by atoms with Gasteiger partial charge in [-0.05, 0) is 37.8 Å². The summed E-state index contributed by atoms with van der Waals surface area (Å²) in [5.41, 5.74) is 0.765. The van der Waals surface area contributed by atoms with Gasteiger partial charge in [-0.15, -0.1) is 0 Å². The zero-order valence-electron chi connectivity index (χ0n) is 14.3. The molecule has 6 heteroatoms. The molecule has 1 atom stereocenters. The van der Waals surface area contributed by atoms with Gasteiger partial charge >= 0.3 is 5.63 Å². The van der Waals surface area contributed by atoms with Crippen LogP contribution in [-0.2, 0) is 11.3 Å². The SMILES string of the molecule is CC[C@@H]1CCCCN1C(=O)Cn1ncc2c(=O)oc3ccccc3c21. The molecule has 25 heavy (non-hydrogen) atoms. The van der Waals surface area contributed by atoms with Gasteiger partial charge < -0.3 is 9.32 Å². The summed E-state index contributed by atoms with van der Waals surface area (Å²) in [4.78, 5) is 27.0. The third kappa shape index (κ3) is 2.71. The average molecular weight is 339 g/mol. The molecule has 0 saturated carbocycles. The second-order valence-corrected chi connectivity index (χ2v) is 6.60. The van der Waals surface area contributed by atoms with Crippen LogP contribution in [-0.4, -0.2) is 33.2 Å². The van der Waals surface area contributed by atoms with Crippen molar-refractivity contribution < 1.29 is 9.21 Å². The van der Waals surface area contributed by atoms with E-state index in [9.17, 15) is 9.59 Å². The molecule has 1 amide bonds. The Morgan fingerprint density at radius 1 is 1.28 bits per heavy atom. The molecule has 3 heterocycles. The van der Waals surface area contributed by atoms with Crippen LogP contribution in [0.25, 0.3) is 21.9 Å². The molecule has 4 rings (SSSR count). The van der Waals surface area contributed by atoms with E-state index in [1.165, 1.54) is 12.6 Å². The number of carbonyl (C=O) groups is 1. The molecule has 0 spiro atoms. The Balaban J connectivity index is 1.75. The molecule has 0 bridgehead atoms. The number of nitrogens with zero attached hydrogens (tertiary/aromatic N) is 3. The third-order valence-corrected chi connectivity index (χ3v) is 5.11. The Morgan fingerprint density at radius 2 is 2.12 bits per heavy atom. The van der Waals surface area contributed by atoms with Crippen LogP contribution in [0.5, 0.6) is 0 Å². The third-order valence-electron chi connectivity index (χ3n) is 5.11. The van der Waals surface area contributed by atoms with E-state index in [0.717, 1.165) is 31.2 Å². The maximum absolute atomic E-state index is 12.9. The van der Waals surface area contributed by atoms with E-state index in [1.807, 2.05) is 23.1 Å². The molecule has 1 aliphatic heterocycles. The molecule has 3 aromatic rings. The number of para-hydroxylation sites is 1. The van der Waals surface area contributed by atoms with Crippen LogP contribution in [0.4, 0.5) is 0 Å². The molecule has 0 radical (unpaired) electrons. The second-order valence-electron chi connectivity index (χ2n) is 6.60. The van der Waals surface area contributed by atoms with Gasteiger partial charge in [0.2, 0.25) is 5.91 Å². The molecule has 0 unspecified atom stereocenters. The Bertz CT molecular complexity index is 988. The van der Waals surface area contributed by atoms with Crippen molar-refractivity contribution in [3.63, 3.8) is 0 Å². The van der Waals surface area contributed by atoms with Crippen LogP contribution in [0.15, 0.2) is 39.7 Å². The molecule has 1 aliphatic rings. The Hall–Kier alpha value is -2.63. The summed E-state index contributed by atoms with van der Waals surface area (Å²) < 4.78 is 6.98. The molecule has 0 N–H and O–H groups in total. The number of aromatic nitrogens is 2. The first-order valence-corrected chi connectivity index (χ1v) is 8.86. The quantitative estimate of drug-likeness (QED) is 0.688. The van der Waals surface area contributed by atoms with Gasteiger partial charge in [0, 0.05) is 18.0 Å². The fourth-order valence-corrected chi connectivity index (χ4v) is 3.82. The lowest BCUT2D eigenvalue weighted by Gasteiger charge is -2.35. The molecule has 1 aromatic carbocycles. The van der Waals surface area contributed by atoms with Crippen molar-refractivity contribution in [1.82, 2.24) is 14.7 Å². The smallest absolute Gasteiger partial charge is 0.347 e. The first kappa shape index (κ1) is 15.9. The number of hydrogen-bond donors (Lipinski definition) is 0. The number of hydrogen-bond acceptors (Lipinski definition) is 4. The van der Waals surface area contributed by atoms with Crippen molar-refractivity contribution in [1.29, 1.82) is 0 Å². The minimum Gasteiger partial charge on any atom is -0.422 e. The molecule has 130 valence electrons. The van der Waals surface area contributed by atoms with Crippen LogP contribution >= 0.6 is 0 Å². The number of piperidine rings is 1. The molecule has 1 saturated heterocycles. The van der Waals surface area contributed by atoms with E-state index in [2.05, 4.69) is 12.0 Å². The predicted molar refractivity (Wildman–Crippen MR) is 95.4 cm³/mol. The highest BCUT2D eigenvalue weighted by atomic mass is 16.4. The zero-order valence-corrected chi connectivity index (χ0v) is 14.3. The Labute approximate surface area is 145 Å². The zero-order chi connectivity index (χ0) is 17.4. The minimum atomic E-state index is -0.420. The summed E-state index contributed by atoms with van der Waals surface area (Å²) in [6.45, 7) is 3.07. The van der Waals surface area contributed by atoms with E-state index >= 15 is 0 Å². The molecule has 1 fully saturated rings. The number of benzene rings is 1. The van der Waals surface area contributed by atoms with Crippen molar-refractivity contribution in [3.05, 3.63) is 40.9 Å². The monoisotopic (exact) mass is 339 g/mol. The fourth-order valence-electron chi connectivity index (χ4n) is 3.82. The normalized spacial score (nSPS) is 18.1. The lowest BCUT2D eigenvalue weighted by molar-refractivity contribution is -0.135. The molecule has 6 nitrogen and oxygen atoms in total. The van der Waals surface area contributed by atoms with Gasteiger partial charge in [0.05, 0.1) is 11.7 Å². The highest BCUT2D eigenvalue weighted by Crippen LogP contribution is 2.24. The van der Waals surface area contributed by atoms with Crippen LogP contribution in [0.2, 0.25) is 0 Å². The predicted octanol–water partition coefficient (Wildman–Crippen LogP) is 2.93. The van der Waals surface area contributed by atoms with Crippen molar-refractivity contribution in [3.8, 4) is 0 Å². The van der Waals surface area contributed by atoms with Gasteiger partial charge in [0.15, 0.2) is 0 Å². The number of amides is 1. The summed E-state index contributed by atoms with van der Waals surface area (Å²) in [7, 11) is 0. The van der Waals surface area contributed by atoms with E-state index < -0.39 is 5.63 Å². The topological polar surface area (TPSA) is 68.3 Å². The minimum absolute atomic E-state index is 0.0638. The van der Waals surface area contributed by atoms with E-state index in [1.54, 1.807) is 10.7 Å². The molecular weight excluding hydrogens is 318 g/mol. The summed E-state index contributed by atoms with van der Waals surface area (Å²) in [5, 5.41) is 5.51. The van der Waals surface area contributed by atoms with Crippen LogP contribution in [0, 0.1) is 0 Å². The maximum Gasteiger partial charge on any atom is 0.347 e. The van der Waals surface area contributed by atoms with Crippen LogP contribution < -0.4 is 5.63 Å². The Kier molecular flexibility index (Phi) is 4.03.